The van der Waals surface area contributed by atoms with Crippen molar-refractivity contribution in [1.82, 2.24) is 35.6 Å². The number of nitrogens with zero attached hydrogens (tertiary/aromatic N) is 9. The number of hydrazone groups is 1. The van der Waals surface area contributed by atoms with E-state index >= 15 is 0 Å². The van der Waals surface area contributed by atoms with Gasteiger partial charge in [0, 0.05) is 12.6 Å². The van der Waals surface area contributed by atoms with Gasteiger partial charge in [-0.1, -0.05) is 12.1 Å². The second-order valence-electron chi connectivity index (χ2n) is 10.1. The maximum Gasteiger partial charge on any atom is 0.318 e. The quantitative estimate of drug-likeness (QED) is 0.139. The van der Waals surface area contributed by atoms with Crippen LogP contribution in [0.15, 0.2) is 46.1 Å². The topological polar surface area (TPSA) is 245 Å². The highest BCUT2D eigenvalue weighted by molar-refractivity contribution is 5.94. The minimum atomic E-state index is -0.785. The lowest BCUT2D eigenvalue weighted by molar-refractivity contribution is -0.394. The van der Waals surface area contributed by atoms with E-state index in [1.54, 1.807) is 6.07 Å². The predicted octanol–water partition coefficient (Wildman–Crippen LogP) is 2.85. The van der Waals surface area contributed by atoms with Crippen LogP contribution in [0.5, 0.6) is 17.2 Å². The van der Waals surface area contributed by atoms with Crippen molar-refractivity contribution in [2.24, 2.45) is 11.0 Å². The van der Waals surface area contributed by atoms with Gasteiger partial charge in [0.25, 0.3) is 11.6 Å². The number of hydrogen-bond donors (Lipinski definition) is 2. The van der Waals surface area contributed by atoms with Crippen LogP contribution in [0, 0.1) is 26.1 Å². The lowest BCUT2D eigenvalue weighted by Gasteiger charge is -2.30. The average Bonchev–Trinajstić information content (AvgIpc) is 3.64. The first-order valence-corrected chi connectivity index (χ1v) is 13.5. The summed E-state index contributed by atoms with van der Waals surface area (Å²) in [5.41, 5.74) is 8.19. The molecule has 1 saturated heterocycles. The van der Waals surface area contributed by atoms with Crippen molar-refractivity contribution in [3.63, 3.8) is 0 Å². The van der Waals surface area contributed by atoms with E-state index in [1.807, 2.05) is 0 Å². The average molecular weight is 622 g/mol. The molecule has 0 spiro atoms. The molecule has 0 aliphatic carbocycles. The zero-order valence-corrected chi connectivity index (χ0v) is 24.0. The van der Waals surface area contributed by atoms with Gasteiger partial charge >= 0.3 is 5.69 Å². The van der Waals surface area contributed by atoms with Gasteiger partial charge in [-0.2, -0.15) is 9.78 Å². The van der Waals surface area contributed by atoms with Gasteiger partial charge in [-0.25, -0.2) is 10.1 Å². The molecule has 0 bridgehead atoms. The Morgan fingerprint density at radius 3 is 2.56 bits per heavy atom. The van der Waals surface area contributed by atoms with Crippen LogP contribution in [0.4, 0.5) is 17.2 Å². The van der Waals surface area contributed by atoms with Gasteiger partial charge in [0.1, 0.15) is 0 Å². The second kappa shape index (κ2) is 13.1. The first-order valence-electron chi connectivity index (χ1n) is 13.5. The number of nitro groups is 2. The Morgan fingerprint density at radius 2 is 1.89 bits per heavy atom. The van der Waals surface area contributed by atoms with Gasteiger partial charge in [0.05, 0.1) is 34.9 Å². The molecule has 1 aliphatic rings. The number of rotatable bonds is 11. The number of hydrogen-bond acceptors (Lipinski definition) is 15. The fourth-order valence-corrected chi connectivity index (χ4v) is 4.59. The van der Waals surface area contributed by atoms with Crippen LogP contribution in [-0.4, -0.2) is 72.4 Å². The third kappa shape index (κ3) is 6.82. The number of amides is 1. The lowest BCUT2D eigenvalue weighted by atomic mass is 9.99. The van der Waals surface area contributed by atoms with Gasteiger partial charge in [-0.15, -0.1) is 5.10 Å². The molecule has 19 heteroatoms. The van der Waals surface area contributed by atoms with Crippen LogP contribution in [-0.2, 0) is 6.54 Å². The fourth-order valence-electron chi connectivity index (χ4n) is 4.59. The molecule has 0 radical (unpaired) electrons. The zero-order chi connectivity index (χ0) is 32.1. The Kier molecular flexibility index (Phi) is 8.89. The third-order valence-electron chi connectivity index (χ3n) is 7.06. The number of nitrogens with one attached hydrogen (secondary N) is 1. The Hall–Kier alpha value is -5.98. The highest BCUT2D eigenvalue weighted by Gasteiger charge is 2.27. The predicted molar refractivity (Wildman–Crippen MR) is 155 cm³/mol. The van der Waals surface area contributed by atoms with Crippen molar-refractivity contribution in [2.45, 2.75) is 26.3 Å². The molecule has 3 N–H and O–H groups in total. The van der Waals surface area contributed by atoms with Crippen molar-refractivity contribution >= 4 is 29.3 Å². The van der Waals surface area contributed by atoms with E-state index in [1.165, 1.54) is 30.1 Å². The first kappa shape index (κ1) is 30.5. The van der Waals surface area contributed by atoms with Gasteiger partial charge in [-0.3, -0.25) is 29.9 Å². The summed E-state index contributed by atoms with van der Waals surface area (Å²) in [7, 11) is 1.36. The van der Waals surface area contributed by atoms with Crippen molar-refractivity contribution in [3.05, 3.63) is 73.6 Å². The fraction of sp³-hybridized carbons (Fsp3) is 0.308. The number of methoxy groups -OCH3 is 1. The molecule has 2 aromatic heterocycles. The van der Waals surface area contributed by atoms with Crippen molar-refractivity contribution < 1.29 is 28.7 Å². The van der Waals surface area contributed by atoms with E-state index < -0.39 is 27.1 Å². The van der Waals surface area contributed by atoms with Crippen LogP contribution in [0.2, 0.25) is 0 Å². The number of likely N-dealkylation sites (tertiary alicyclic amines) is 1. The molecule has 45 heavy (non-hydrogen) atoms. The molecule has 1 aliphatic heterocycles. The third-order valence-corrected chi connectivity index (χ3v) is 7.06. The van der Waals surface area contributed by atoms with Crippen molar-refractivity contribution in [1.29, 1.82) is 0 Å². The number of non-ortho nitro benzene ring substituents is 1. The second-order valence-corrected chi connectivity index (χ2v) is 10.1. The van der Waals surface area contributed by atoms with Crippen molar-refractivity contribution in [2.75, 3.05) is 25.9 Å². The minimum Gasteiger partial charge on any atom is -0.493 e. The molecular weight excluding hydrogens is 594 g/mol. The van der Waals surface area contributed by atoms with Crippen LogP contribution >= 0.6 is 0 Å². The molecule has 4 aromatic rings. The van der Waals surface area contributed by atoms with Gasteiger partial charge < -0.3 is 15.2 Å². The standard InChI is InChI=1S/C26H27N11O8/c1-15-7-9-34(10-8-15)14-19-23(29-33-35(19)25-24(27)31-45-32-25)26(38)30-28-13-16-3-5-21(22(11-16)43-2)44-20-6-4-17(36(39)40)12-18(20)37(41)42/h3-6,11-13,15H,7-10,14H2,1-2H3,(H2,27,31)(H,30,38). The Morgan fingerprint density at radius 1 is 1.13 bits per heavy atom. The highest BCUT2D eigenvalue weighted by Crippen LogP contribution is 2.38. The van der Waals surface area contributed by atoms with Gasteiger partial charge in [0.2, 0.25) is 17.4 Å². The number of nitrogen functional groups attached to an aromatic ring is 1. The SMILES string of the molecule is COc1cc(C=NNC(=O)c2nnn(-c3nonc3N)c2CN2CCC(C)CC2)ccc1Oc1ccc([N+](=O)[O-])cc1[N+](=O)[O-]. The molecule has 0 atom stereocenters. The van der Waals surface area contributed by atoms with Gasteiger partial charge in [-0.05, 0) is 72.0 Å². The molecule has 0 saturated carbocycles. The number of nitro benzene ring substituents is 2. The molecule has 3 heterocycles. The number of aromatic nitrogens is 5. The van der Waals surface area contributed by atoms with Crippen LogP contribution in [0.25, 0.3) is 5.82 Å². The Balaban J connectivity index is 1.32. The normalized spacial score (nSPS) is 14.0. The van der Waals surface area contributed by atoms with E-state index in [0.717, 1.165) is 44.1 Å². The molecule has 1 fully saturated rings. The molecule has 0 unspecified atom stereocenters. The summed E-state index contributed by atoms with van der Waals surface area (Å²) < 4.78 is 17.0. The molecule has 19 nitrogen and oxygen atoms in total. The molecule has 5 rings (SSSR count). The van der Waals surface area contributed by atoms with E-state index in [-0.39, 0.29) is 34.6 Å². The maximum atomic E-state index is 13.2. The minimum absolute atomic E-state index is 0.0112. The number of benzene rings is 2. The summed E-state index contributed by atoms with van der Waals surface area (Å²) in [6.07, 6.45) is 3.37. The molecule has 2 aromatic carbocycles. The summed E-state index contributed by atoms with van der Waals surface area (Å²) in [6.45, 7) is 4.21. The van der Waals surface area contributed by atoms with Gasteiger partial charge in [0.15, 0.2) is 17.2 Å². The molecule has 234 valence electrons. The Bertz CT molecular complexity index is 1760. The summed E-state index contributed by atoms with van der Waals surface area (Å²) in [4.78, 5) is 36.3. The number of ether oxygens (including phenoxy) is 2. The first-order chi connectivity index (χ1) is 21.6. The summed E-state index contributed by atoms with van der Waals surface area (Å²) in [5.74, 6) is 0.135. The number of piperidine rings is 1. The van der Waals surface area contributed by atoms with Crippen LogP contribution < -0.4 is 20.6 Å². The molecule has 1 amide bonds. The van der Waals surface area contributed by atoms with E-state index in [0.29, 0.717) is 23.7 Å². The monoisotopic (exact) mass is 621 g/mol. The van der Waals surface area contributed by atoms with E-state index in [2.05, 4.69) is 43.0 Å². The smallest absolute Gasteiger partial charge is 0.318 e. The highest BCUT2D eigenvalue weighted by atomic mass is 16.6. The van der Waals surface area contributed by atoms with Crippen LogP contribution in [0.3, 0.4) is 0 Å². The number of carbonyl (C=O) groups is 1. The summed E-state index contributed by atoms with van der Waals surface area (Å²) >= 11 is 0. The Labute approximate surface area is 253 Å². The maximum absolute atomic E-state index is 13.2. The summed E-state index contributed by atoms with van der Waals surface area (Å²) in [5, 5.41) is 42.0. The molecular formula is C26H27N11O8. The number of carbonyl (C=O) groups excluding carboxylic acids is 1. The van der Waals surface area contributed by atoms with Crippen molar-refractivity contribution in [3.8, 4) is 23.1 Å². The number of nitrogens with two attached hydrogens (primary N) is 1. The largest absolute Gasteiger partial charge is 0.493 e. The zero-order valence-electron chi connectivity index (χ0n) is 24.0. The van der Waals surface area contributed by atoms with E-state index in [4.69, 9.17) is 19.8 Å². The summed E-state index contributed by atoms with van der Waals surface area (Å²) in [6, 6.07) is 7.57. The van der Waals surface area contributed by atoms with E-state index in [9.17, 15) is 25.0 Å². The van der Waals surface area contributed by atoms with Crippen LogP contribution in [0.1, 0.15) is 41.5 Å². The lowest BCUT2D eigenvalue weighted by Crippen LogP contribution is -2.34. The number of anilines is 1.